The van der Waals surface area contributed by atoms with E-state index in [0.29, 0.717) is 12.1 Å². The molecule has 4 nitrogen and oxygen atoms in total. The summed E-state index contributed by atoms with van der Waals surface area (Å²) in [6.07, 6.45) is -0.288. The molecule has 1 atom stereocenters. The molecular weight excluding hydrogens is 317 g/mol. The van der Waals surface area contributed by atoms with E-state index in [-0.39, 0.29) is 29.3 Å². The third kappa shape index (κ3) is 3.89. The minimum absolute atomic E-state index is 0.244. The zero-order valence-electron chi connectivity index (χ0n) is 11.5. The van der Waals surface area contributed by atoms with Gasteiger partial charge in [-0.15, -0.1) is 11.8 Å². The third-order valence-corrected chi connectivity index (χ3v) is 4.61. The van der Waals surface area contributed by atoms with Gasteiger partial charge in [0.15, 0.2) is 0 Å². The van der Waals surface area contributed by atoms with Crippen molar-refractivity contribution in [3.8, 4) is 0 Å². The number of benzene rings is 1. The Hall–Kier alpha value is -1.27. The van der Waals surface area contributed by atoms with Crippen LogP contribution in [0.1, 0.15) is 24.3 Å². The Morgan fingerprint density at radius 2 is 2.29 bits per heavy atom. The highest BCUT2D eigenvalue weighted by atomic mass is 35.5. The molecule has 1 amide bonds. The van der Waals surface area contributed by atoms with Gasteiger partial charge in [0.1, 0.15) is 17.6 Å². The summed E-state index contributed by atoms with van der Waals surface area (Å²) in [5.41, 5.74) is 0.678. The van der Waals surface area contributed by atoms with Crippen molar-refractivity contribution in [2.45, 2.75) is 18.7 Å². The first-order valence-electron chi connectivity index (χ1n) is 6.54. The maximum absolute atomic E-state index is 13.1. The molecule has 1 unspecified atom stereocenters. The minimum atomic E-state index is -0.539. The van der Waals surface area contributed by atoms with Gasteiger partial charge in [0, 0.05) is 22.9 Å². The summed E-state index contributed by atoms with van der Waals surface area (Å²) in [7, 11) is 0. The fraction of sp³-hybridized carbons (Fsp3) is 0.429. The highest BCUT2D eigenvalue weighted by molar-refractivity contribution is 7.99. The van der Waals surface area contributed by atoms with Crippen LogP contribution in [-0.4, -0.2) is 35.7 Å². The molecular formula is C14H15ClFNO3S. The summed E-state index contributed by atoms with van der Waals surface area (Å²) in [5, 5.41) is -0.0108. The first kappa shape index (κ1) is 16.1. The van der Waals surface area contributed by atoms with Crippen molar-refractivity contribution >= 4 is 35.2 Å². The summed E-state index contributed by atoms with van der Waals surface area (Å²) in [5.74, 6) is -0.518. The van der Waals surface area contributed by atoms with E-state index in [1.165, 1.54) is 23.9 Å². The van der Waals surface area contributed by atoms with Crippen LogP contribution in [-0.2, 0) is 14.3 Å². The molecule has 1 heterocycles. The Morgan fingerprint density at radius 3 is 2.95 bits per heavy atom. The molecule has 0 bridgehead atoms. The molecule has 0 aliphatic carbocycles. The van der Waals surface area contributed by atoms with Crippen LogP contribution in [0, 0.1) is 5.82 Å². The molecule has 1 aromatic carbocycles. The van der Waals surface area contributed by atoms with Crippen molar-refractivity contribution in [3.63, 3.8) is 0 Å². The number of halogens is 2. The largest absolute Gasteiger partial charge is 0.466 e. The molecule has 0 saturated carbocycles. The van der Waals surface area contributed by atoms with Gasteiger partial charge >= 0.3 is 5.97 Å². The molecule has 0 spiro atoms. The number of thioether (sulfide) groups is 1. The minimum Gasteiger partial charge on any atom is -0.466 e. The normalized spacial score (nSPS) is 17.9. The number of ether oxygens (including phenoxy) is 1. The fourth-order valence-corrected chi connectivity index (χ4v) is 3.77. The quantitative estimate of drug-likeness (QED) is 0.628. The van der Waals surface area contributed by atoms with Crippen LogP contribution in [0.25, 0.3) is 0 Å². The smallest absolute Gasteiger partial charge is 0.315 e. The molecule has 114 valence electrons. The van der Waals surface area contributed by atoms with Gasteiger partial charge in [-0.2, -0.15) is 0 Å². The Balaban J connectivity index is 2.13. The summed E-state index contributed by atoms with van der Waals surface area (Å²) < 4.78 is 17.9. The van der Waals surface area contributed by atoms with Crippen molar-refractivity contribution in [1.29, 1.82) is 0 Å². The fourth-order valence-electron chi connectivity index (χ4n) is 2.12. The lowest BCUT2D eigenvalue weighted by molar-refractivity contribution is -0.148. The van der Waals surface area contributed by atoms with Crippen LogP contribution in [0.2, 0.25) is 5.02 Å². The molecule has 0 N–H and O–H groups in total. The maximum Gasteiger partial charge on any atom is 0.315 e. The summed E-state index contributed by atoms with van der Waals surface area (Å²) in [6, 6.07) is 4.11. The molecule has 0 radical (unpaired) electrons. The Morgan fingerprint density at radius 1 is 1.52 bits per heavy atom. The number of rotatable bonds is 4. The molecule has 1 aliphatic heterocycles. The summed E-state index contributed by atoms with van der Waals surface area (Å²) >= 11 is 7.59. The van der Waals surface area contributed by atoms with Crippen LogP contribution in [0.15, 0.2) is 18.2 Å². The van der Waals surface area contributed by atoms with Crippen molar-refractivity contribution in [2.24, 2.45) is 0 Å². The summed E-state index contributed by atoms with van der Waals surface area (Å²) in [6.45, 7) is 2.46. The first-order chi connectivity index (χ1) is 10.0. The van der Waals surface area contributed by atoms with E-state index >= 15 is 0 Å². The average Bonchev–Trinajstić information content (AvgIpc) is 2.88. The second kappa shape index (κ2) is 7.13. The second-order valence-electron chi connectivity index (χ2n) is 4.46. The number of carbonyl (C=O) groups is 2. The number of hydrogen-bond donors (Lipinski definition) is 0. The Bertz CT molecular complexity index is 555. The van der Waals surface area contributed by atoms with E-state index < -0.39 is 11.8 Å². The van der Waals surface area contributed by atoms with Crippen LogP contribution in [0.5, 0.6) is 0 Å². The lowest BCUT2D eigenvalue weighted by Gasteiger charge is -2.24. The number of amides is 1. The number of carbonyl (C=O) groups excluding carboxylic acids is 2. The highest BCUT2D eigenvalue weighted by Gasteiger charge is 2.32. The van der Waals surface area contributed by atoms with Gasteiger partial charge in [0.05, 0.1) is 6.61 Å². The van der Waals surface area contributed by atoms with Crippen molar-refractivity contribution in [3.05, 3.63) is 34.6 Å². The van der Waals surface area contributed by atoms with Gasteiger partial charge < -0.3 is 9.64 Å². The van der Waals surface area contributed by atoms with E-state index in [1.807, 2.05) is 0 Å². The monoisotopic (exact) mass is 331 g/mol. The van der Waals surface area contributed by atoms with Gasteiger partial charge in [-0.1, -0.05) is 17.7 Å². The SMILES string of the molecule is CCOC(=O)CC(=O)N1CCSC1c1ccc(F)cc1Cl. The maximum atomic E-state index is 13.1. The molecule has 21 heavy (non-hydrogen) atoms. The van der Waals surface area contributed by atoms with E-state index in [1.54, 1.807) is 17.9 Å². The van der Waals surface area contributed by atoms with Crippen molar-refractivity contribution < 1.29 is 18.7 Å². The molecule has 1 aromatic rings. The van der Waals surface area contributed by atoms with Crippen molar-refractivity contribution in [1.82, 2.24) is 4.90 Å². The van der Waals surface area contributed by atoms with Gasteiger partial charge in [0.2, 0.25) is 5.91 Å². The molecule has 0 aromatic heterocycles. The van der Waals surface area contributed by atoms with Gasteiger partial charge in [-0.3, -0.25) is 9.59 Å². The standard InChI is InChI=1S/C14H15ClFNO3S/c1-2-20-13(19)8-12(18)17-5-6-21-14(17)10-4-3-9(16)7-11(10)15/h3-4,7,14H,2,5-6,8H2,1H3. The summed E-state index contributed by atoms with van der Waals surface area (Å²) in [4.78, 5) is 25.2. The predicted octanol–water partition coefficient (Wildman–Crippen LogP) is 3.01. The van der Waals surface area contributed by atoms with Gasteiger partial charge in [0.25, 0.3) is 0 Å². The molecule has 1 saturated heterocycles. The van der Waals surface area contributed by atoms with Crippen LogP contribution < -0.4 is 0 Å². The lowest BCUT2D eigenvalue weighted by Crippen LogP contribution is -2.32. The first-order valence-corrected chi connectivity index (χ1v) is 7.97. The Kier molecular flexibility index (Phi) is 5.47. The Labute approximate surface area is 131 Å². The van der Waals surface area contributed by atoms with Gasteiger partial charge in [-0.25, -0.2) is 4.39 Å². The van der Waals surface area contributed by atoms with E-state index in [2.05, 4.69) is 0 Å². The molecule has 7 heteroatoms. The lowest BCUT2D eigenvalue weighted by atomic mass is 10.2. The number of hydrogen-bond acceptors (Lipinski definition) is 4. The zero-order chi connectivity index (χ0) is 15.4. The number of nitrogens with zero attached hydrogens (tertiary/aromatic N) is 1. The predicted molar refractivity (Wildman–Crippen MR) is 79.6 cm³/mol. The van der Waals surface area contributed by atoms with Crippen molar-refractivity contribution in [2.75, 3.05) is 18.9 Å². The number of esters is 1. The topological polar surface area (TPSA) is 46.6 Å². The van der Waals surface area contributed by atoms with Crippen LogP contribution >= 0.6 is 23.4 Å². The molecule has 1 aliphatic rings. The zero-order valence-corrected chi connectivity index (χ0v) is 13.0. The van der Waals surface area contributed by atoms with Gasteiger partial charge in [-0.05, 0) is 19.1 Å². The third-order valence-electron chi connectivity index (χ3n) is 3.04. The molecule has 1 fully saturated rings. The second-order valence-corrected chi connectivity index (χ2v) is 6.05. The van der Waals surface area contributed by atoms with Crippen LogP contribution in [0.4, 0.5) is 4.39 Å². The highest BCUT2D eigenvalue weighted by Crippen LogP contribution is 2.41. The molecule has 2 rings (SSSR count). The van der Waals surface area contributed by atoms with E-state index in [0.717, 1.165) is 5.75 Å². The average molecular weight is 332 g/mol. The van der Waals surface area contributed by atoms with E-state index in [4.69, 9.17) is 16.3 Å². The van der Waals surface area contributed by atoms with E-state index in [9.17, 15) is 14.0 Å². The van der Waals surface area contributed by atoms with Crippen LogP contribution in [0.3, 0.4) is 0 Å².